The van der Waals surface area contributed by atoms with Crippen molar-refractivity contribution in [1.82, 2.24) is 19.6 Å². The van der Waals surface area contributed by atoms with Crippen LogP contribution in [0.2, 0.25) is 0 Å². The van der Waals surface area contributed by atoms with Gasteiger partial charge in [-0.2, -0.15) is 4.98 Å². The van der Waals surface area contributed by atoms with Gasteiger partial charge in [0.2, 0.25) is 0 Å². The van der Waals surface area contributed by atoms with Crippen molar-refractivity contribution in [1.29, 1.82) is 0 Å². The van der Waals surface area contributed by atoms with Gasteiger partial charge in [-0.3, -0.25) is 4.79 Å². The molecule has 2 aromatic heterocycles. The molecule has 16 heavy (non-hydrogen) atoms. The molecule has 2 aromatic rings. The molecule has 0 aromatic carbocycles. The molecule has 0 saturated heterocycles. The van der Waals surface area contributed by atoms with Gasteiger partial charge in [-0.05, 0) is 0 Å². The molecule has 7 nitrogen and oxygen atoms in total. The highest BCUT2D eigenvalue weighted by Crippen LogP contribution is 2.09. The van der Waals surface area contributed by atoms with Gasteiger partial charge in [-0.1, -0.05) is 6.92 Å². The van der Waals surface area contributed by atoms with E-state index < -0.39 is 12.0 Å². The molecule has 2 rings (SSSR count). The molecule has 84 valence electrons. The summed E-state index contributed by atoms with van der Waals surface area (Å²) in [5.41, 5.74) is 5.86. The number of nitrogens with zero attached hydrogens (tertiary/aromatic N) is 4. The van der Waals surface area contributed by atoms with Crippen molar-refractivity contribution in [3.05, 3.63) is 23.8 Å². The van der Waals surface area contributed by atoms with Gasteiger partial charge in [0.1, 0.15) is 6.04 Å². The first-order valence-electron chi connectivity index (χ1n) is 4.81. The molecule has 0 radical (unpaired) electrons. The van der Waals surface area contributed by atoms with E-state index in [4.69, 9.17) is 10.8 Å². The van der Waals surface area contributed by atoms with E-state index in [1.54, 1.807) is 0 Å². The van der Waals surface area contributed by atoms with Crippen molar-refractivity contribution >= 4 is 11.7 Å². The van der Waals surface area contributed by atoms with E-state index in [2.05, 4.69) is 15.1 Å². The Bertz CT molecular complexity index is 536. The van der Waals surface area contributed by atoms with Crippen LogP contribution in [0.1, 0.15) is 24.4 Å². The number of aromatic nitrogens is 4. The van der Waals surface area contributed by atoms with Gasteiger partial charge in [0.25, 0.3) is 5.78 Å². The second-order valence-corrected chi connectivity index (χ2v) is 3.33. The van der Waals surface area contributed by atoms with Gasteiger partial charge in [0.05, 0.1) is 0 Å². The zero-order valence-electron chi connectivity index (χ0n) is 8.66. The van der Waals surface area contributed by atoms with Crippen LogP contribution in [0.25, 0.3) is 5.78 Å². The fraction of sp³-hybridized carbons (Fsp3) is 0.333. The largest absolute Gasteiger partial charge is 0.480 e. The van der Waals surface area contributed by atoms with Gasteiger partial charge in [0.15, 0.2) is 5.82 Å². The first-order valence-corrected chi connectivity index (χ1v) is 4.81. The molecule has 0 aliphatic carbocycles. The molecule has 0 fully saturated rings. The fourth-order valence-corrected chi connectivity index (χ4v) is 1.29. The molecule has 0 saturated carbocycles. The third-order valence-electron chi connectivity index (χ3n) is 2.20. The molecule has 0 spiro atoms. The number of carbonyl (C=O) groups is 1. The Hall–Kier alpha value is -2.02. The van der Waals surface area contributed by atoms with Crippen LogP contribution in [0.4, 0.5) is 0 Å². The van der Waals surface area contributed by atoms with Crippen molar-refractivity contribution in [2.24, 2.45) is 5.73 Å². The van der Waals surface area contributed by atoms with E-state index in [1.165, 1.54) is 16.9 Å². The van der Waals surface area contributed by atoms with Gasteiger partial charge in [-0.15, -0.1) is 5.10 Å². The summed E-state index contributed by atoms with van der Waals surface area (Å²) in [4.78, 5) is 18.8. The molecular formula is C9H11N5O2. The summed E-state index contributed by atoms with van der Waals surface area (Å²) in [5.74, 6) is 0.00344. The van der Waals surface area contributed by atoms with Gasteiger partial charge < -0.3 is 10.8 Å². The first kappa shape index (κ1) is 10.5. The SMILES string of the molecule is CCc1nc2ncc(C(N)C(=O)O)cn2n1. The van der Waals surface area contributed by atoms with Crippen molar-refractivity contribution in [2.45, 2.75) is 19.4 Å². The van der Waals surface area contributed by atoms with Gasteiger partial charge >= 0.3 is 5.97 Å². The Morgan fingerprint density at radius 2 is 2.44 bits per heavy atom. The summed E-state index contributed by atoms with van der Waals surface area (Å²) in [7, 11) is 0. The second kappa shape index (κ2) is 3.86. The van der Waals surface area contributed by atoms with Crippen molar-refractivity contribution < 1.29 is 9.90 Å². The average Bonchev–Trinajstić information content (AvgIpc) is 2.69. The lowest BCUT2D eigenvalue weighted by atomic mass is 10.2. The molecule has 7 heteroatoms. The number of nitrogens with two attached hydrogens (primary N) is 1. The normalized spacial score (nSPS) is 12.9. The maximum absolute atomic E-state index is 10.7. The number of carboxylic acid groups (broad SMARTS) is 1. The Morgan fingerprint density at radius 1 is 1.69 bits per heavy atom. The molecule has 1 unspecified atom stereocenters. The molecule has 3 N–H and O–H groups in total. The lowest BCUT2D eigenvalue weighted by Crippen LogP contribution is -2.21. The number of fused-ring (bicyclic) bond motifs is 1. The van der Waals surface area contributed by atoms with Crippen LogP contribution in [0, 0.1) is 0 Å². The minimum atomic E-state index is -1.10. The first-order chi connectivity index (χ1) is 7.61. The van der Waals surface area contributed by atoms with E-state index in [0.717, 1.165) is 0 Å². The number of aryl methyl sites for hydroxylation is 1. The highest BCUT2D eigenvalue weighted by molar-refractivity contribution is 5.74. The van der Waals surface area contributed by atoms with E-state index in [-0.39, 0.29) is 0 Å². The summed E-state index contributed by atoms with van der Waals surface area (Å²) in [6, 6.07) is -1.09. The smallest absolute Gasteiger partial charge is 0.325 e. The van der Waals surface area contributed by atoms with Crippen LogP contribution >= 0.6 is 0 Å². The summed E-state index contributed by atoms with van der Waals surface area (Å²) < 4.78 is 1.44. The van der Waals surface area contributed by atoms with Crippen LogP contribution < -0.4 is 5.73 Å². The summed E-state index contributed by atoms with van der Waals surface area (Å²) in [5, 5.41) is 12.9. The van der Waals surface area contributed by atoms with Crippen molar-refractivity contribution in [3.8, 4) is 0 Å². The number of hydrogen-bond donors (Lipinski definition) is 2. The monoisotopic (exact) mass is 221 g/mol. The Morgan fingerprint density at radius 3 is 3.06 bits per heavy atom. The molecule has 2 heterocycles. The predicted molar refractivity (Wildman–Crippen MR) is 54.7 cm³/mol. The number of hydrogen-bond acceptors (Lipinski definition) is 5. The lowest BCUT2D eigenvalue weighted by molar-refractivity contribution is -0.138. The Labute approximate surface area is 90.9 Å². The Kier molecular flexibility index (Phi) is 2.53. The Balaban J connectivity index is 2.46. The zero-order valence-corrected chi connectivity index (χ0v) is 8.66. The van der Waals surface area contributed by atoms with Crippen LogP contribution in [-0.4, -0.2) is 30.7 Å². The van der Waals surface area contributed by atoms with E-state index in [1.807, 2.05) is 6.92 Å². The molecule has 0 bridgehead atoms. The van der Waals surface area contributed by atoms with E-state index >= 15 is 0 Å². The minimum absolute atomic E-state index is 0.396. The fourth-order valence-electron chi connectivity index (χ4n) is 1.29. The third kappa shape index (κ3) is 1.72. The van der Waals surface area contributed by atoms with Crippen LogP contribution in [0.15, 0.2) is 12.4 Å². The van der Waals surface area contributed by atoms with E-state index in [0.29, 0.717) is 23.6 Å². The number of aliphatic carboxylic acids is 1. The van der Waals surface area contributed by atoms with Crippen LogP contribution in [-0.2, 0) is 11.2 Å². The van der Waals surface area contributed by atoms with Gasteiger partial charge in [0, 0.05) is 24.4 Å². The second-order valence-electron chi connectivity index (χ2n) is 3.33. The standard InChI is InChI=1S/C9H11N5O2/c1-2-6-12-9-11-3-5(4-14(9)13-6)7(10)8(15)16/h3-4,7H,2,10H2,1H3,(H,15,16). The molecule has 0 aliphatic rings. The minimum Gasteiger partial charge on any atom is -0.480 e. The predicted octanol–water partition coefficient (Wildman–Crippen LogP) is -0.229. The highest BCUT2D eigenvalue weighted by atomic mass is 16.4. The molecular weight excluding hydrogens is 210 g/mol. The molecule has 1 atom stereocenters. The average molecular weight is 221 g/mol. The highest BCUT2D eigenvalue weighted by Gasteiger charge is 2.16. The molecule has 0 amide bonds. The topological polar surface area (TPSA) is 106 Å². The summed E-state index contributed by atoms with van der Waals surface area (Å²) >= 11 is 0. The quantitative estimate of drug-likeness (QED) is 0.741. The molecule has 0 aliphatic heterocycles. The van der Waals surface area contributed by atoms with Crippen molar-refractivity contribution in [3.63, 3.8) is 0 Å². The van der Waals surface area contributed by atoms with Crippen LogP contribution in [0.3, 0.4) is 0 Å². The summed E-state index contributed by atoms with van der Waals surface area (Å²) in [6.07, 6.45) is 3.64. The van der Waals surface area contributed by atoms with Crippen LogP contribution in [0.5, 0.6) is 0 Å². The summed E-state index contributed by atoms with van der Waals surface area (Å²) in [6.45, 7) is 1.93. The maximum Gasteiger partial charge on any atom is 0.325 e. The third-order valence-corrected chi connectivity index (χ3v) is 2.20. The van der Waals surface area contributed by atoms with Crippen molar-refractivity contribution in [2.75, 3.05) is 0 Å². The zero-order chi connectivity index (χ0) is 11.7. The number of rotatable bonds is 3. The maximum atomic E-state index is 10.7. The lowest BCUT2D eigenvalue weighted by Gasteiger charge is -2.04. The number of carboxylic acids is 1. The van der Waals surface area contributed by atoms with E-state index in [9.17, 15) is 4.79 Å². The van der Waals surface area contributed by atoms with Gasteiger partial charge in [-0.25, -0.2) is 9.50 Å².